The summed E-state index contributed by atoms with van der Waals surface area (Å²) in [5.41, 5.74) is 0. The number of ether oxygens (including phenoxy) is 2. The van der Waals surface area contributed by atoms with Crippen LogP contribution in [-0.2, 0) is 14.3 Å². The first-order valence-electron chi connectivity index (χ1n) is 4.54. The van der Waals surface area contributed by atoms with Gasteiger partial charge in [-0.1, -0.05) is 6.58 Å². The van der Waals surface area contributed by atoms with Crippen LogP contribution in [0.25, 0.3) is 0 Å². The Labute approximate surface area is 87.5 Å². The molecular weight excluding hydrogens is 202 g/mol. The third-order valence-electron chi connectivity index (χ3n) is 2.21. The van der Waals surface area contributed by atoms with E-state index in [0.717, 1.165) is 6.08 Å². The lowest BCUT2D eigenvalue weighted by molar-refractivity contribution is -0.148. The highest BCUT2D eigenvalue weighted by atomic mass is 16.7. The number of amides is 1. The van der Waals surface area contributed by atoms with Crippen molar-refractivity contribution in [1.82, 2.24) is 5.32 Å². The number of aliphatic hydroxyl groups excluding tert-OH is 2. The van der Waals surface area contributed by atoms with Gasteiger partial charge in [-0.15, -0.1) is 0 Å². The summed E-state index contributed by atoms with van der Waals surface area (Å²) in [7, 11) is 1.37. The summed E-state index contributed by atoms with van der Waals surface area (Å²) in [6.07, 6.45) is -2.58. The number of rotatable bonds is 4. The zero-order chi connectivity index (χ0) is 11.4. The average Bonchev–Trinajstić information content (AvgIpc) is 2.52. The molecule has 0 aromatic carbocycles. The van der Waals surface area contributed by atoms with Crippen LogP contribution < -0.4 is 5.32 Å². The standard InChI is InChI=1S/C9H15NO5/c1-3-6(11)10-4-5-7(12)8(13)9(14-2)15-5/h3,5,7-9,12-13H,1,4H2,2H3,(H,10,11)/t5-,7-,8-,9?/m1/s1. The van der Waals surface area contributed by atoms with Gasteiger partial charge in [0.05, 0.1) is 0 Å². The van der Waals surface area contributed by atoms with Gasteiger partial charge in [-0.25, -0.2) is 0 Å². The maximum atomic E-state index is 10.8. The average molecular weight is 217 g/mol. The van der Waals surface area contributed by atoms with Gasteiger partial charge in [-0.05, 0) is 6.08 Å². The molecule has 1 amide bonds. The third kappa shape index (κ3) is 2.75. The second-order valence-electron chi connectivity index (χ2n) is 3.21. The molecule has 4 atom stereocenters. The quantitative estimate of drug-likeness (QED) is 0.493. The van der Waals surface area contributed by atoms with Gasteiger partial charge in [0.15, 0.2) is 6.29 Å². The number of hydrogen-bond donors (Lipinski definition) is 3. The van der Waals surface area contributed by atoms with Crippen LogP contribution in [0, 0.1) is 0 Å². The molecule has 1 unspecified atom stereocenters. The summed E-state index contributed by atoms with van der Waals surface area (Å²) in [5, 5.41) is 21.4. The highest BCUT2D eigenvalue weighted by Gasteiger charge is 2.42. The van der Waals surface area contributed by atoms with Gasteiger partial charge in [-0.3, -0.25) is 4.79 Å². The molecule has 0 bridgehead atoms. The van der Waals surface area contributed by atoms with E-state index < -0.39 is 24.6 Å². The second-order valence-corrected chi connectivity index (χ2v) is 3.21. The Morgan fingerprint density at radius 3 is 2.73 bits per heavy atom. The molecule has 0 aromatic heterocycles. The summed E-state index contributed by atoms with van der Waals surface area (Å²) in [6, 6.07) is 0. The van der Waals surface area contributed by atoms with E-state index in [9.17, 15) is 15.0 Å². The van der Waals surface area contributed by atoms with Crippen molar-refractivity contribution in [1.29, 1.82) is 0 Å². The summed E-state index contributed by atoms with van der Waals surface area (Å²) in [6.45, 7) is 3.38. The first-order valence-corrected chi connectivity index (χ1v) is 4.54. The topological polar surface area (TPSA) is 88.0 Å². The van der Waals surface area contributed by atoms with Gasteiger partial charge in [0.1, 0.15) is 18.3 Å². The van der Waals surface area contributed by atoms with E-state index in [1.165, 1.54) is 7.11 Å². The van der Waals surface area contributed by atoms with Crippen molar-refractivity contribution >= 4 is 5.91 Å². The second kappa shape index (κ2) is 5.22. The first kappa shape index (κ1) is 12.1. The SMILES string of the molecule is C=CC(=O)NC[C@H]1OC(OC)[C@H](O)[C@@H]1O. The Morgan fingerprint density at radius 2 is 2.27 bits per heavy atom. The van der Waals surface area contributed by atoms with Crippen molar-refractivity contribution in [3.05, 3.63) is 12.7 Å². The fourth-order valence-electron chi connectivity index (χ4n) is 1.35. The summed E-state index contributed by atoms with van der Waals surface area (Å²) >= 11 is 0. The number of carbonyl (C=O) groups is 1. The van der Waals surface area contributed by atoms with E-state index in [1.54, 1.807) is 0 Å². The Kier molecular flexibility index (Phi) is 4.22. The van der Waals surface area contributed by atoms with E-state index in [4.69, 9.17) is 9.47 Å². The van der Waals surface area contributed by atoms with Crippen molar-refractivity contribution < 1.29 is 24.5 Å². The monoisotopic (exact) mass is 217 g/mol. The van der Waals surface area contributed by atoms with Crippen LogP contribution in [0.5, 0.6) is 0 Å². The number of aliphatic hydroxyl groups is 2. The van der Waals surface area contributed by atoms with E-state index in [0.29, 0.717) is 0 Å². The first-order chi connectivity index (χ1) is 7.10. The van der Waals surface area contributed by atoms with Crippen LogP contribution >= 0.6 is 0 Å². The fraction of sp³-hybridized carbons (Fsp3) is 0.667. The minimum atomic E-state index is -1.10. The normalized spacial score (nSPS) is 35.1. The molecule has 1 heterocycles. The molecule has 1 rings (SSSR count). The van der Waals surface area contributed by atoms with E-state index in [2.05, 4.69) is 11.9 Å². The summed E-state index contributed by atoms with van der Waals surface area (Å²) < 4.78 is 9.95. The van der Waals surface area contributed by atoms with Crippen molar-refractivity contribution in [3.8, 4) is 0 Å². The minimum absolute atomic E-state index is 0.100. The van der Waals surface area contributed by atoms with Gasteiger partial charge in [-0.2, -0.15) is 0 Å². The molecule has 15 heavy (non-hydrogen) atoms. The molecule has 0 radical (unpaired) electrons. The zero-order valence-corrected chi connectivity index (χ0v) is 8.42. The highest BCUT2D eigenvalue weighted by Crippen LogP contribution is 2.21. The molecular formula is C9H15NO5. The predicted octanol–water partition coefficient (Wildman–Crippen LogP) is -1.62. The van der Waals surface area contributed by atoms with E-state index >= 15 is 0 Å². The minimum Gasteiger partial charge on any atom is -0.387 e. The van der Waals surface area contributed by atoms with Gasteiger partial charge < -0.3 is 25.0 Å². The zero-order valence-electron chi connectivity index (χ0n) is 8.42. The van der Waals surface area contributed by atoms with E-state index in [-0.39, 0.29) is 12.5 Å². The number of hydrogen-bond acceptors (Lipinski definition) is 5. The Balaban J connectivity index is 2.43. The fourth-order valence-corrected chi connectivity index (χ4v) is 1.35. The van der Waals surface area contributed by atoms with Crippen LogP contribution in [0.2, 0.25) is 0 Å². The van der Waals surface area contributed by atoms with Crippen molar-refractivity contribution in [2.45, 2.75) is 24.6 Å². The van der Waals surface area contributed by atoms with Crippen LogP contribution in [-0.4, -0.2) is 54.4 Å². The van der Waals surface area contributed by atoms with Gasteiger partial charge in [0.2, 0.25) is 5.91 Å². The van der Waals surface area contributed by atoms with Crippen molar-refractivity contribution in [2.75, 3.05) is 13.7 Å². The summed E-state index contributed by atoms with van der Waals surface area (Å²) in [5.74, 6) is -0.360. The number of methoxy groups -OCH3 is 1. The number of carbonyl (C=O) groups excluding carboxylic acids is 1. The molecule has 1 saturated heterocycles. The Hall–Kier alpha value is -0.950. The highest BCUT2D eigenvalue weighted by molar-refractivity contribution is 5.86. The molecule has 0 spiro atoms. The molecule has 1 aliphatic heterocycles. The molecule has 0 saturated carbocycles. The number of nitrogens with one attached hydrogen (secondary N) is 1. The Bertz CT molecular complexity index is 245. The van der Waals surface area contributed by atoms with Crippen LogP contribution in [0.1, 0.15) is 0 Å². The van der Waals surface area contributed by atoms with Crippen molar-refractivity contribution in [2.24, 2.45) is 0 Å². The van der Waals surface area contributed by atoms with Crippen LogP contribution in [0.15, 0.2) is 12.7 Å². The molecule has 86 valence electrons. The summed E-state index contributed by atoms with van der Waals surface area (Å²) in [4.78, 5) is 10.8. The lowest BCUT2D eigenvalue weighted by Crippen LogP contribution is -2.39. The van der Waals surface area contributed by atoms with E-state index in [1.807, 2.05) is 0 Å². The smallest absolute Gasteiger partial charge is 0.243 e. The van der Waals surface area contributed by atoms with Crippen LogP contribution in [0.3, 0.4) is 0 Å². The van der Waals surface area contributed by atoms with Gasteiger partial charge in [0, 0.05) is 13.7 Å². The van der Waals surface area contributed by atoms with Gasteiger partial charge in [0.25, 0.3) is 0 Å². The molecule has 1 aliphatic rings. The molecule has 0 aliphatic carbocycles. The van der Waals surface area contributed by atoms with Crippen LogP contribution in [0.4, 0.5) is 0 Å². The van der Waals surface area contributed by atoms with Crippen molar-refractivity contribution in [3.63, 3.8) is 0 Å². The van der Waals surface area contributed by atoms with Gasteiger partial charge >= 0.3 is 0 Å². The molecule has 0 aromatic rings. The largest absolute Gasteiger partial charge is 0.387 e. The third-order valence-corrected chi connectivity index (χ3v) is 2.21. The molecule has 6 heteroatoms. The molecule has 3 N–H and O–H groups in total. The molecule has 6 nitrogen and oxygen atoms in total. The lowest BCUT2D eigenvalue weighted by Gasteiger charge is -2.13. The lowest BCUT2D eigenvalue weighted by atomic mass is 10.1. The Morgan fingerprint density at radius 1 is 1.60 bits per heavy atom. The predicted molar refractivity (Wildman–Crippen MR) is 50.9 cm³/mol. The maximum absolute atomic E-state index is 10.8. The maximum Gasteiger partial charge on any atom is 0.243 e. The molecule has 1 fully saturated rings.